The topological polar surface area (TPSA) is 78.9 Å². The van der Waals surface area contributed by atoms with Crippen molar-refractivity contribution in [2.24, 2.45) is 0 Å². The van der Waals surface area contributed by atoms with Gasteiger partial charge in [-0.3, -0.25) is 14.4 Å². The lowest BCUT2D eigenvalue weighted by atomic mass is 10.0. The van der Waals surface area contributed by atoms with E-state index in [1.807, 2.05) is 0 Å². The maximum absolute atomic E-state index is 13.0. The highest BCUT2D eigenvalue weighted by Gasteiger charge is 2.19. The summed E-state index contributed by atoms with van der Waals surface area (Å²) in [4.78, 5) is 38.5. The van der Waals surface area contributed by atoms with Crippen LogP contribution in [0.2, 0.25) is 0 Å². The van der Waals surface area contributed by atoms with Gasteiger partial charge in [0.1, 0.15) is 13.2 Å². The van der Waals surface area contributed by atoms with Gasteiger partial charge in [-0.05, 0) is 57.8 Å². The first-order valence-electron chi connectivity index (χ1n) is 36.1. The van der Waals surface area contributed by atoms with Crippen LogP contribution in [0.15, 0.2) is 48.6 Å². The van der Waals surface area contributed by atoms with Gasteiger partial charge in [0.25, 0.3) is 0 Å². The molecule has 0 aromatic rings. The summed E-state index contributed by atoms with van der Waals surface area (Å²) in [6.45, 7) is 6.61. The lowest BCUT2D eigenvalue weighted by Crippen LogP contribution is -2.30. The molecule has 0 saturated heterocycles. The van der Waals surface area contributed by atoms with Crippen LogP contribution in [0, 0.1) is 0 Å². The van der Waals surface area contributed by atoms with Crippen molar-refractivity contribution < 1.29 is 28.6 Å². The zero-order valence-electron chi connectivity index (χ0n) is 54.6. The Bertz CT molecular complexity index is 1400. The molecule has 1 atom stereocenters. The maximum Gasteiger partial charge on any atom is 0.306 e. The van der Waals surface area contributed by atoms with E-state index in [2.05, 4.69) is 69.4 Å². The number of allylic oxidation sites excluding steroid dienone is 8. The number of esters is 3. The second-order valence-corrected chi connectivity index (χ2v) is 24.5. The lowest BCUT2D eigenvalue weighted by Gasteiger charge is -2.18. The molecule has 0 aromatic carbocycles. The van der Waals surface area contributed by atoms with Gasteiger partial charge >= 0.3 is 17.9 Å². The molecule has 6 nitrogen and oxygen atoms in total. The standard InChI is InChI=1S/C75H138O6/c1-4-7-10-13-16-19-22-25-28-31-34-35-36-37-38-39-42-44-47-50-53-56-59-62-65-68-74(77)80-71-72(81-75(78)69-66-63-60-57-54-51-48-45-41-33-30-27-24-21-18-15-12-9-6-3)70-79-73(76)67-64-61-58-55-52-49-46-43-40-32-29-26-23-20-17-14-11-8-5-2/h7,10,16,19,25,28,34-35,72H,4-6,8-9,11-15,17-18,20-24,26-27,29-33,36-71H2,1-3H3/b10-7-,19-16-,28-25-,35-34-. The quantitative estimate of drug-likeness (QED) is 0.0261. The Balaban J connectivity index is 4.29. The summed E-state index contributed by atoms with van der Waals surface area (Å²) in [5.74, 6) is -0.836. The minimum Gasteiger partial charge on any atom is -0.462 e. The fourth-order valence-corrected chi connectivity index (χ4v) is 11.0. The molecule has 0 fully saturated rings. The van der Waals surface area contributed by atoms with Crippen molar-refractivity contribution in [1.29, 1.82) is 0 Å². The summed E-state index contributed by atoms with van der Waals surface area (Å²) in [6, 6.07) is 0. The van der Waals surface area contributed by atoms with Gasteiger partial charge in [0.15, 0.2) is 6.10 Å². The molecule has 0 rings (SSSR count). The van der Waals surface area contributed by atoms with E-state index in [9.17, 15) is 14.4 Å². The molecular formula is C75H138O6. The normalized spacial score (nSPS) is 12.3. The van der Waals surface area contributed by atoms with E-state index in [0.29, 0.717) is 19.3 Å². The van der Waals surface area contributed by atoms with Crippen LogP contribution < -0.4 is 0 Å². The van der Waals surface area contributed by atoms with Gasteiger partial charge < -0.3 is 14.2 Å². The van der Waals surface area contributed by atoms with Crippen molar-refractivity contribution in [1.82, 2.24) is 0 Å². The predicted octanol–water partition coefficient (Wildman–Crippen LogP) is 24.9. The molecule has 0 aliphatic carbocycles. The second kappa shape index (κ2) is 69.9. The summed E-state index contributed by atoms with van der Waals surface area (Å²) in [6.07, 6.45) is 88.5. The molecule has 0 aromatic heterocycles. The highest BCUT2D eigenvalue weighted by molar-refractivity contribution is 5.71. The summed E-state index contributed by atoms with van der Waals surface area (Å²) in [5.41, 5.74) is 0. The number of hydrogen-bond donors (Lipinski definition) is 0. The number of ether oxygens (including phenoxy) is 3. The Morgan fingerprint density at radius 3 is 0.753 bits per heavy atom. The van der Waals surface area contributed by atoms with Crippen LogP contribution in [0.25, 0.3) is 0 Å². The van der Waals surface area contributed by atoms with Crippen LogP contribution in [0.1, 0.15) is 393 Å². The Hall–Kier alpha value is -2.63. The van der Waals surface area contributed by atoms with Gasteiger partial charge in [0.2, 0.25) is 0 Å². The first-order chi connectivity index (χ1) is 40.0. The van der Waals surface area contributed by atoms with Crippen molar-refractivity contribution in [2.45, 2.75) is 399 Å². The SMILES string of the molecule is CC/C=C\C/C=C\C/C=C\C/C=C\CCCCCCCCCCCCCCC(=O)OCC(COC(=O)CCCCCCCCCCCCCCCCCCCCC)OC(=O)CCCCCCCCCCCCCCCCCCCCC. The molecule has 0 N–H and O–H groups in total. The van der Waals surface area contributed by atoms with Crippen LogP contribution >= 0.6 is 0 Å². The van der Waals surface area contributed by atoms with Crippen LogP contribution in [0.4, 0.5) is 0 Å². The van der Waals surface area contributed by atoms with Crippen molar-refractivity contribution >= 4 is 17.9 Å². The molecule has 0 aliphatic rings. The van der Waals surface area contributed by atoms with Gasteiger partial charge in [0, 0.05) is 19.3 Å². The third-order valence-corrected chi connectivity index (χ3v) is 16.3. The van der Waals surface area contributed by atoms with E-state index in [1.165, 1.54) is 270 Å². The summed E-state index contributed by atoms with van der Waals surface area (Å²) < 4.78 is 17.0. The maximum atomic E-state index is 13.0. The molecule has 0 heterocycles. The van der Waals surface area contributed by atoms with Crippen molar-refractivity contribution in [3.8, 4) is 0 Å². The van der Waals surface area contributed by atoms with Crippen molar-refractivity contribution in [3.63, 3.8) is 0 Å². The molecule has 1 unspecified atom stereocenters. The third kappa shape index (κ3) is 68.0. The minimum atomic E-state index is -0.771. The molecule has 0 spiro atoms. The fraction of sp³-hybridized carbons (Fsp3) is 0.853. The Morgan fingerprint density at radius 1 is 0.259 bits per heavy atom. The summed E-state index contributed by atoms with van der Waals surface area (Å²) in [7, 11) is 0. The van der Waals surface area contributed by atoms with E-state index in [4.69, 9.17) is 14.2 Å². The average molecular weight is 1140 g/mol. The van der Waals surface area contributed by atoms with E-state index in [0.717, 1.165) is 83.5 Å². The zero-order valence-corrected chi connectivity index (χ0v) is 54.6. The molecule has 0 bridgehead atoms. The molecule has 6 heteroatoms. The van der Waals surface area contributed by atoms with Crippen molar-refractivity contribution in [2.75, 3.05) is 13.2 Å². The minimum absolute atomic E-state index is 0.0666. The lowest BCUT2D eigenvalue weighted by molar-refractivity contribution is -0.167. The number of rotatable bonds is 67. The van der Waals surface area contributed by atoms with Crippen molar-refractivity contribution in [3.05, 3.63) is 48.6 Å². The largest absolute Gasteiger partial charge is 0.462 e. The van der Waals surface area contributed by atoms with Crippen LogP contribution in [0.5, 0.6) is 0 Å². The Kier molecular flexibility index (Phi) is 67.6. The van der Waals surface area contributed by atoms with E-state index >= 15 is 0 Å². The summed E-state index contributed by atoms with van der Waals surface area (Å²) in [5, 5.41) is 0. The van der Waals surface area contributed by atoms with Gasteiger partial charge in [-0.15, -0.1) is 0 Å². The average Bonchev–Trinajstić information content (AvgIpc) is 3.47. The highest BCUT2D eigenvalue weighted by Crippen LogP contribution is 2.19. The molecule has 81 heavy (non-hydrogen) atoms. The van der Waals surface area contributed by atoms with Crippen LogP contribution in [0.3, 0.4) is 0 Å². The zero-order chi connectivity index (χ0) is 58.5. The highest BCUT2D eigenvalue weighted by atomic mass is 16.6. The van der Waals surface area contributed by atoms with Gasteiger partial charge in [0.05, 0.1) is 0 Å². The van der Waals surface area contributed by atoms with Crippen LogP contribution in [-0.2, 0) is 28.6 Å². The molecule has 0 aliphatic heterocycles. The molecule has 0 radical (unpaired) electrons. The van der Waals surface area contributed by atoms with E-state index < -0.39 is 6.10 Å². The van der Waals surface area contributed by atoms with Gasteiger partial charge in [-0.1, -0.05) is 365 Å². The van der Waals surface area contributed by atoms with Gasteiger partial charge in [-0.25, -0.2) is 0 Å². The first-order valence-corrected chi connectivity index (χ1v) is 36.1. The molecule has 474 valence electrons. The summed E-state index contributed by atoms with van der Waals surface area (Å²) >= 11 is 0. The van der Waals surface area contributed by atoms with Gasteiger partial charge in [-0.2, -0.15) is 0 Å². The monoisotopic (exact) mass is 1140 g/mol. The predicted molar refractivity (Wildman–Crippen MR) is 353 cm³/mol. The molecule has 0 amide bonds. The number of hydrogen-bond acceptors (Lipinski definition) is 6. The number of unbranched alkanes of at least 4 members (excludes halogenated alkanes) is 48. The number of carbonyl (C=O) groups is 3. The Labute approximate surface area is 505 Å². The Morgan fingerprint density at radius 2 is 0.481 bits per heavy atom. The smallest absolute Gasteiger partial charge is 0.306 e. The molecular weight excluding hydrogens is 997 g/mol. The number of carbonyl (C=O) groups excluding carboxylic acids is 3. The van der Waals surface area contributed by atoms with Crippen LogP contribution in [-0.4, -0.2) is 37.2 Å². The fourth-order valence-electron chi connectivity index (χ4n) is 11.0. The van der Waals surface area contributed by atoms with E-state index in [-0.39, 0.29) is 31.1 Å². The third-order valence-electron chi connectivity index (χ3n) is 16.3. The first kappa shape index (κ1) is 78.4. The second-order valence-electron chi connectivity index (χ2n) is 24.5. The van der Waals surface area contributed by atoms with E-state index in [1.54, 1.807) is 0 Å². The molecule has 0 saturated carbocycles.